The Hall–Kier alpha value is -0.320. The summed E-state index contributed by atoms with van der Waals surface area (Å²) in [6.45, 7) is 0.985. The van der Waals surface area contributed by atoms with Gasteiger partial charge in [0.1, 0.15) is 0 Å². The molecule has 13 heavy (non-hydrogen) atoms. The van der Waals surface area contributed by atoms with E-state index in [0.29, 0.717) is 0 Å². The maximum Gasteiger partial charge on any atom is 0.256 e. The van der Waals surface area contributed by atoms with Gasteiger partial charge in [0.15, 0.2) is 0 Å². The van der Waals surface area contributed by atoms with E-state index in [9.17, 15) is 17.6 Å². The molecule has 1 nitrogen and oxygen atoms in total. The summed E-state index contributed by atoms with van der Waals surface area (Å²) in [4.78, 5) is 0. The fourth-order valence-corrected chi connectivity index (χ4v) is 0.843. The van der Waals surface area contributed by atoms with Crippen LogP contribution in [0.5, 0.6) is 0 Å². The predicted molar refractivity (Wildman–Crippen MR) is 41.3 cm³/mol. The SMILES string of the molecule is CCC(F)(F)CC(F)(F)CCOC. The highest BCUT2D eigenvalue weighted by Crippen LogP contribution is 2.34. The summed E-state index contributed by atoms with van der Waals surface area (Å²) < 4.78 is 55.0. The molecule has 80 valence electrons. The van der Waals surface area contributed by atoms with E-state index in [1.165, 1.54) is 14.0 Å². The zero-order valence-electron chi connectivity index (χ0n) is 7.75. The minimum absolute atomic E-state index is 0.202. The van der Waals surface area contributed by atoms with Crippen LogP contribution < -0.4 is 0 Å². The van der Waals surface area contributed by atoms with E-state index in [4.69, 9.17) is 0 Å². The Bertz CT molecular complexity index is 147. The van der Waals surface area contributed by atoms with Crippen LogP contribution in [0, 0.1) is 0 Å². The van der Waals surface area contributed by atoms with E-state index >= 15 is 0 Å². The first-order chi connectivity index (χ1) is 5.83. The summed E-state index contributed by atoms with van der Waals surface area (Å²) in [5.74, 6) is -6.62. The molecule has 0 N–H and O–H groups in total. The Morgan fingerprint density at radius 1 is 1.08 bits per heavy atom. The summed E-state index contributed by atoms with van der Waals surface area (Å²) in [5.41, 5.74) is 0. The van der Waals surface area contributed by atoms with E-state index in [-0.39, 0.29) is 6.61 Å². The zero-order chi connectivity index (χ0) is 10.5. The number of halogens is 4. The van der Waals surface area contributed by atoms with Gasteiger partial charge in [0.05, 0.1) is 13.0 Å². The summed E-state index contributed by atoms with van der Waals surface area (Å²) in [6.07, 6.45) is -2.60. The number of rotatable bonds is 6. The second kappa shape index (κ2) is 4.79. The van der Waals surface area contributed by atoms with Crippen LogP contribution in [0.15, 0.2) is 0 Å². The molecule has 0 spiro atoms. The van der Waals surface area contributed by atoms with Crippen molar-refractivity contribution in [2.24, 2.45) is 0 Å². The van der Waals surface area contributed by atoms with Crippen LogP contribution in [-0.2, 0) is 4.74 Å². The maximum atomic E-state index is 12.7. The Balaban J connectivity index is 4.00. The van der Waals surface area contributed by atoms with Crippen molar-refractivity contribution in [2.45, 2.75) is 38.0 Å². The van der Waals surface area contributed by atoms with Crippen LogP contribution in [0.3, 0.4) is 0 Å². The lowest BCUT2D eigenvalue weighted by Gasteiger charge is -2.21. The van der Waals surface area contributed by atoms with Crippen molar-refractivity contribution >= 4 is 0 Å². The molecule has 0 aliphatic heterocycles. The molecule has 0 aromatic carbocycles. The van der Waals surface area contributed by atoms with Crippen LogP contribution >= 0.6 is 0 Å². The van der Waals surface area contributed by atoms with Crippen LogP contribution in [0.1, 0.15) is 26.2 Å². The summed E-state index contributed by atoms with van der Waals surface area (Å²) in [5, 5.41) is 0. The van der Waals surface area contributed by atoms with Crippen molar-refractivity contribution in [1.82, 2.24) is 0 Å². The predicted octanol–water partition coefficient (Wildman–Crippen LogP) is 3.09. The molecule has 0 atom stereocenters. The molecule has 0 saturated carbocycles. The average molecular weight is 202 g/mol. The van der Waals surface area contributed by atoms with Gasteiger partial charge < -0.3 is 4.74 Å². The number of hydrogen-bond acceptors (Lipinski definition) is 1. The van der Waals surface area contributed by atoms with Gasteiger partial charge in [-0.2, -0.15) is 0 Å². The summed E-state index contributed by atoms with van der Waals surface area (Å²) >= 11 is 0. The van der Waals surface area contributed by atoms with Gasteiger partial charge in [-0.05, 0) is 0 Å². The summed E-state index contributed by atoms with van der Waals surface area (Å²) in [7, 11) is 1.26. The van der Waals surface area contributed by atoms with Crippen LogP contribution in [0.4, 0.5) is 17.6 Å². The lowest BCUT2D eigenvalue weighted by Crippen LogP contribution is -2.29. The highest BCUT2D eigenvalue weighted by atomic mass is 19.3. The van der Waals surface area contributed by atoms with Gasteiger partial charge in [-0.3, -0.25) is 0 Å². The molecular formula is C8H14F4O. The van der Waals surface area contributed by atoms with Crippen LogP contribution in [0.25, 0.3) is 0 Å². The highest BCUT2D eigenvalue weighted by molar-refractivity contribution is 4.76. The third-order valence-electron chi connectivity index (χ3n) is 1.71. The van der Waals surface area contributed by atoms with Crippen molar-refractivity contribution in [1.29, 1.82) is 0 Å². The molecular weight excluding hydrogens is 188 g/mol. The quantitative estimate of drug-likeness (QED) is 0.601. The van der Waals surface area contributed by atoms with Gasteiger partial charge in [-0.25, -0.2) is 17.6 Å². The molecule has 0 amide bonds. The molecule has 0 aromatic rings. The minimum Gasteiger partial charge on any atom is -0.384 e. The first-order valence-electron chi connectivity index (χ1n) is 4.07. The van der Waals surface area contributed by atoms with Crippen molar-refractivity contribution in [2.75, 3.05) is 13.7 Å². The number of ether oxygens (including phenoxy) is 1. The first-order valence-corrected chi connectivity index (χ1v) is 4.07. The molecule has 0 aliphatic carbocycles. The normalized spacial score (nSPS) is 13.4. The standard InChI is InChI=1S/C8H14F4O/c1-3-7(9,10)6-8(11,12)4-5-13-2/h3-6H2,1-2H3. The molecule has 0 radical (unpaired) electrons. The van der Waals surface area contributed by atoms with Gasteiger partial charge >= 0.3 is 0 Å². The average Bonchev–Trinajstić information content (AvgIpc) is 1.99. The Labute approximate surface area is 75.1 Å². The Morgan fingerprint density at radius 2 is 1.62 bits per heavy atom. The summed E-state index contributed by atoms with van der Waals surface area (Å²) in [6, 6.07) is 0. The third-order valence-corrected chi connectivity index (χ3v) is 1.71. The number of methoxy groups -OCH3 is 1. The zero-order valence-corrected chi connectivity index (χ0v) is 7.75. The van der Waals surface area contributed by atoms with E-state index in [0.717, 1.165) is 0 Å². The van der Waals surface area contributed by atoms with Crippen molar-refractivity contribution in [3.63, 3.8) is 0 Å². The fraction of sp³-hybridized carbons (Fsp3) is 1.00. The van der Waals surface area contributed by atoms with Crippen LogP contribution in [-0.4, -0.2) is 25.6 Å². The molecule has 0 fully saturated rings. The molecule has 0 unspecified atom stereocenters. The third kappa shape index (κ3) is 5.85. The van der Waals surface area contributed by atoms with Gasteiger partial charge in [0, 0.05) is 20.0 Å². The Kier molecular flexibility index (Phi) is 4.67. The van der Waals surface area contributed by atoms with E-state index in [2.05, 4.69) is 4.74 Å². The molecule has 0 saturated heterocycles. The van der Waals surface area contributed by atoms with E-state index < -0.39 is 31.1 Å². The molecule has 0 aliphatic rings. The Morgan fingerprint density at radius 3 is 2.00 bits per heavy atom. The van der Waals surface area contributed by atoms with Crippen molar-refractivity contribution in [3.8, 4) is 0 Å². The maximum absolute atomic E-state index is 12.7. The molecule has 0 heterocycles. The van der Waals surface area contributed by atoms with Gasteiger partial charge in [0.2, 0.25) is 0 Å². The molecule has 0 bridgehead atoms. The largest absolute Gasteiger partial charge is 0.384 e. The fourth-order valence-electron chi connectivity index (χ4n) is 0.843. The number of hydrogen-bond donors (Lipinski definition) is 0. The van der Waals surface area contributed by atoms with E-state index in [1.807, 2.05) is 0 Å². The smallest absolute Gasteiger partial charge is 0.256 e. The second-order valence-corrected chi connectivity index (χ2v) is 2.99. The second-order valence-electron chi connectivity index (χ2n) is 2.99. The lowest BCUT2D eigenvalue weighted by molar-refractivity contribution is -0.121. The molecule has 5 heteroatoms. The molecule has 0 aromatic heterocycles. The van der Waals surface area contributed by atoms with Crippen LogP contribution in [0.2, 0.25) is 0 Å². The van der Waals surface area contributed by atoms with Crippen molar-refractivity contribution in [3.05, 3.63) is 0 Å². The first kappa shape index (κ1) is 12.7. The monoisotopic (exact) mass is 202 g/mol. The van der Waals surface area contributed by atoms with Gasteiger partial charge in [-0.1, -0.05) is 6.92 Å². The lowest BCUT2D eigenvalue weighted by atomic mass is 10.1. The van der Waals surface area contributed by atoms with Crippen molar-refractivity contribution < 1.29 is 22.3 Å². The van der Waals surface area contributed by atoms with Gasteiger partial charge in [-0.15, -0.1) is 0 Å². The van der Waals surface area contributed by atoms with Gasteiger partial charge in [0.25, 0.3) is 11.8 Å². The number of alkyl halides is 4. The minimum atomic E-state index is -3.34. The molecule has 0 rings (SSSR count). The van der Waals surface area contributed by atoms with E-state index in [1.54, 1.807) is 0 Å². The highest BCUT2D eigenvalue weighted by Gasteiger charge is 2.41. The topological polar surface area (TPSA) is 9.23 Å².